The van der Waals surface area contributed by atoms with Crippen LogP contribution in [-0.4, -0.2) is 38.3 Å². The Labute approximate surface area is 132 Å². The Morgan fingerprint density at radius 2 is 2.33 bits per heavy atom. The number of ether oxygens (including phenoxy) is 1. The van der Waals surface area contributed by atoms with E-state index in [0.717, 1.165) is 31.3 Å². The van der Waals surface area contributed by atoms with Gasteiger partial charge in [-0.15, -0.1) is 11.3 Å². The zero-order chi connectivity index (χ0) is 14.9. The third-order valence-corrected chi connectivity index (χ3v) is 5.09. The first-order valence-electron chi connectivity index (χ1n) is 8.22. The minimum absolute atomic E-state index is 0.752. The molecule has 0 aromatic carbocycles. The highest BCUT2D eigenvalue weighted by Crippen LogP contribution is 2.27. The summed E-state index contributed by atoms with van der Waals surface area (Å²) in [5.74, 6) is 0.926. The van der Waals surface area contributed by atoms with Crippen LogP contribution in [0.5, 0.6) is 0 Å². The number of aromatic nitrogens is 1. The van der Waals surface area contributed by atoms with Crippen molar-refractivity contribution < 1.29 is 4.74 Å². The lowest BCUT2D eigenvalue weighted by atomic mass is 9.96. The van der Waals surface area contributed by atoms with E-state index < -0.39 is 0 Å². The highest BCUT2D eigenvalue weighted by molar-refractivity contribution is 7.13. The molecule has 0 radical (unpaired) electrons. The molecule has 0 amide bonds. The normalized spacial score (nSPS) is 19.7. The molecule has 1 saturated heterocycles. The monoisotopic (exact) mass is 311 g/mol. The smallest absolute Gasteiger partial charge is 0.185 e. The second kappa shape index (κ2) is 9.38. The topological polar surface area (TPSA) is 37.4 Å². The summed E-state index contributed by atoms with van der Waals surface area (Å²) in [7, 11) is 1.73. The van der Waals surface area contributed by atoms with Crippen LogP contribution in [0.2, 0.25) is 0 Å². The van der Waals surface area contributed by atoms with Crippen molar-refractivity contribution in [3.05, 3.63) is 11.1 Å². The lowest BCUT2D eigenvalue weighted by molar-refractivity contribution is 0.199. The number of rotatable bonds is 8. The summed E-state index contributed by atoms with van der Waals surface area (Å²) in [6.45, 7) is 7.12. The maximum absolute atomic E-state index is 5.04. The summed E-state index contributed by atoms with van der Waals surface area (Å²) in [5.41, 5.74) is 1.15. The van der Waals surface area contributed by atoms with E-state index in [0.29, 0.717) is 0 Å². The predicted octanol–water partition coefficient (Wildman–Crippen LogP) is 3.29. The van der Waals surface area contributed by atoms with E-state index >= 15 is 0 Å². The molecule has 1 atom stereocenters. The minimum atomic E-state index is 0.752. The van der Waals surface area contributed by atoms with Gasteiger partial charge >= 0.3 is 0 Å². The van der Waals surface area contributed by atoms with Gasteiger partial charge in [0.2, 0.25) is 0 Å². The van der Waals surface area contributed by atoms with Crippen molar-refractivity contribution >= 4 is 16.5 Å². The van der Waals surface area contributed by atoms with Crippen LogP contribution in [0, 0.1) is 5.92 Å². The van der Waals surface area contributed by atoms with Gasteiger partial charge in [0, 0.05) is 38.7 Å². The lowest BCUT2D eigenvalue weighted by Gasteiger charge is -2.19. The van der Waals surface area contributed by atoms with Crippen LogP contribution in [0.1, 0.15) is 44.7 Å². The largest absolute Gasteiger partial charge is 0.383 e. The first kappa shape index (κ1) is 16.7. The summed E-state index contributed by atoms with van der Waals surface area (Å²) < 4.78 is 5.04. The van der Waals surface area contributed by atoms with Crippen molar-refractivity contribution in [2.75, 3.05) is 38.3 Å². The summed E-state index contributed by atoms with van der Waals surface area (Å²) in [4.78, 5) is 7.27. The predicted molar refractivity (Wildman–Crippen MR) is 90.2 cm³/mol. The number of anilines is 1. The highest BCUT2D eigenvalue weighted by atomic mass is 32.1. The number of nitrogens with zero attached hydrogens (tertiary/aromatic N) is 2. The molecule has 5 heteroatoms. The Morgan fingerprint density at radius 1 is 1.43 bits per heavy atom. The first-order chi connectivity index (χ1) is 10.3. The molecule has 1 aliphatic rings. The molecule has 1 unspecified atom stereocenters. The molecule has 1 aliphatic heterocycles. The Hall–Kier alpha value is -0.650. The van der Waals surface area contributed by atoms with Gasteiger partial charge < -0.3 is 15.0 Å². The third-order valence-electron chi connectivity index (χ3n) is 4.14. The molecule has 1 N–H and O–H groups in total. The maximum atomic E-state index is 5.04. The van der Waals surface area contributed by atoms with E-state index in [2.05, 4.69) is 22.5 Å². The fourth-order valence-corrected chi connectivity index (χ4v) is 3.85. The Morgan fingerprint density at radius 3 is 3.14 bits per heavy atom. The maximum Gasteiger partial charge on any atom is 0.185 e. The van der Waals surface area contributed by atoms with Gasteiger partial charge in [0.15, 0.2) is 5.13 Å². The quantitative estimate of drug-likeness (QED) is 0.748. The van der Waals surface area contributed by atoms with Crippen LogP contribution >= 0.6 is 11.3 Å². The van der Waals surface area contributed by atoms with Gasteiger partial charge in [0.25, 0.3) is 0 Å². The van der Waals surface area contributed by atoms with Crippen molar-refractivity contribution in [2.45, 2.75) is 45.6 Å². The Kier molecular flexibility index (Phi) is 7.47. The van der Waals surface area contributed by atoms with Gasteiger partial charge in [0.1, 0.15) is 0 Å². The molecule has 0 bridgehead atoms. The van der Waals surface area contributed by atoms with E-state index in [1.807, 2.05) is 0 Å². The van der Waals surface area contributed by atoms with E-state index in [-0.39, 0.29) is 0 Å². The number of nitrogens with one attached hydrogen (secondary N) is 1. The summed E-state index contributed by atoms with van der Waals surface area (Å²) in [6, 6.07) is 0. The zero-order valence-electron chi connectivity index (χ0n) is 13.4. The van der Waals surface area contributed by atoms with Gasteiger partial charge in [-0.05, 0) is 25.2 Å². The number of hydrogen-bond acceptors (Lipinski definition) is 5. The van der Waals surface area contributed by atoms with Gasteiger partial charge in [-0.1, -0.05) is 19.8 Å². The number of hydrogen-bond donors (Lipinski definition) is 1. The van der Waals surface area contributed by atoms with Crippen LogP contribution < -0.4 is 10.2 Å². The van der Waals surface area contributed by atoms with Crippen LogP contribution in [0.25, 0.3) is 0 Å². The van der Waals surface area contributed by atoms with Crippen molar-refractivity contribution in [1.29, 1.82) is 0 Å². The molecule has 21 heavy (non-hydrogen) atoms. The minimum Gasteiger partial charge on any atom is -0.383 e. The highest BCUT2D eigenvalue weighted by Gasteiger charge is 2.18. The van der Waals surface area contributed by atoms with Crippen LogP contribution in [0.4, 0.5) is 5.13 Å². The molecule has 2 rings (SSSR count). The second-order valence-corrected chi connectivity index (χ2v) is 6.70. The summed E-state index contributed by atoms with van der Waals surface area (Å²) in [6.07, 6.45) is 6.74. The fourth-order valence-electron chi connectivity index (χ4n) is 2.97. The van der Waals surface area contributed by atoms with Crippen LogP contribution in [-0.2, 0) is 11.3 Å². The van der Waals surface area contributed by atoms with E-state index in [1.165, 1.54) is 50.3 Å². The van der Waals surface area contributed by atoms with Gasteiger partial charge in [-0.25, -0.2) is 4.98 Å². The molecule has 1 aromatic rings. The SMILES string of the molecule is CCCC1CCCN(c2nc(CNCCOC)cs2)CC1. The van der Waals surface area contributed by atoms with E-state index in [9.17, 15) is 0 Å². The standard InChI is InChI=1S/C16H29N3OS/c1-3-5-14-6-4-9-19(10-7-14)16-18-15(13-21-16)12-17-8-11-20-2/h13-14,17H,3-12H2,1-2H3. The van der Waals surface area contributed by atoms with E-state index in [1.54, 1.807) is 18.4 Å². The summed E-state index contributed by atoms with van der Waals surface area (Å²) >= 11 is 1.79. The molecule has 120 valence electrons. The first-order valence-corrected chi connectivity index (χ1v) is 9.10. The molecule has 0 aliphatic carbocycles. The van der Waals surface area contributed by atoms with Crippen molar-refractivity contribution in [3.63, 3.8) is 0 Å². The van der Waals surface area contributed by atoms with Crippen LogP contribution in [0.15, 0.2) is 5.38 Å². The van der Waals surface area contributed by atoms with Crippen molar-refractivity contribution in [1.82, 2.24) is 10.3 Å². The average Bonchev–Trinajstić information content (AvgIpc) is 2.83. The zero-order valence-corrected chi connectivity index (χ0v) is 14.3. The molecule has 0 saturated carbocycles. The van der Waals surface area contributed by atoms with Gasteiger partial charge in [0.05, 0.1) is 12.3 Å². The molecular weight excluding hydrogens is 282 g/mol. The Balaban J connectivity index is 1.80. The van der Waals surface area contributed by atoms with Gasteiger partial charge in [-0.3, -0.25) is 0 Å². The Bertz CT molecular complexity index is 397. The second-order valence-electron chi connectivity index (χ2n) is 5.86. The number of methoxy groups -OCH3 is 1. The molecule has 4 nitrogen and oxygen atoms in total. The molecule has 1 fully saturated rings. The molecule has 1 aromatic heterocycles. The molecule has 2 heterocycles. The fraction of sp³-hybridized carbons (Fsp3) is 0.812. The van der Waals surface area contributed by atoms with Crippen molar-refractivity contribution in [2.24, 2.45) is 5.92 Å². The molecular formula is C16H29N3OS. The third kappa shape index (κ3) is 5.57. The van der Waals surface area contributed by atoms with Crippen LogP contribution in [0.3, 0.4) is 0 Å². The average molecular weight is 311 g/mol. The molecule has 0 spiro atoms. The summed E-state index contributed by atoms with van der Waals surface area (Å²) in [5, 5.41) is 6.74. The number of thiazole rings is 1. The lowest BCUT2D eigenvalue weighted by Crippen LogP contribution is -2.24. The van der Waals surface area contributed by atoms with E-state index in [4.69, 9.17) is 9.72 Å². The van der Waals surface area contributed by atoms with Crippen molar-refractivity contribution in [3.8, 4) is 0 Å². The van der Waals surface area contributed by atoms with Gasteiger partial charge in [-0.2, -0.15) is 0 Å².